The summed E-state index contributed by atoms with van der Waals surface area (Å²) in [6.45, 7) is 2.72. The van der Waals surface area contributed by atoms with Gasteiger partial charge in [0.15, 0.2) is 0 Å². The van der Waals surface area contributed by atoms with E-state index in [9.17, 15) is 9.59 Å². The molecule has 3 rings (SSSR count). The molecule has 1 fully saturated rings. The molecular formula is C18H17BrN2O2. The second-order valence-electron chi connectivity index (χ2n) is 5.61. The molecule has 1 aliphatic rings. The Bertz CT molecular complexity index is 756. The van der Waals surface area contributed by atoms with Crippen molar-refractivity contribution in [1.29, 1.82) is 0 Å². The maximum atomic E-state index is 12.2. The molecule has 0 saturated carbocycles. The van der Waals surface area contributed by atoms with Crippen LogP contribution in [0.15, 0.2) is 46.9 Å². The lowest BCUT2D eigenvalue weighted by atomic mass is 10.1. The van der Waals surface area contributed by atoms with Crippen molar-refractivity contribution < 1.29 is 9.59 Å². The highest BCUT2D eigenvalue weighted by Gasteiger charge is 2.23. The van der Waals surface area contributed by atoms with Crippen LogP contribution in [0.3, 0.4) is 0 Å². The summed E-state index contributed by atoms with van der Waals surface area (Å²) in [5, 5.41) is 2.89. The van der Waals surface area contributed by atoms with Crippen molar-refractivity contribution in [3.63, 3.8) is 0 Å². The highest BCUT2D eigenvalue weighted by atomic mass is 79.9. The minimum absolute atomic E-state index is 0.151. The Morgan fingerprint density at radius 1 is 1.17 bits per heavy atom. The van der Waals surface area contributed by atoms with Crippen LogP contribution in [0.2, 0.25) is 0 Å². The van der Waals surface area contributed by atoms with Gasteiger partial charge in [-0.2, -0.15) is 0 Å². The first-order valence-corrected chi connectivity index (χ1v) is 8.32. The van der Waals surface area contributed by atoms with Gasteiger partial charge in [-0.25, -0.2) is 0 Å². The number of carbonyl (C=O) groups is 2. The van der Waals surface area contributed by atoms with Crippen LogP contribution >= 0.6 is 15.9 Å². The zero-order chi connectivity index (χ0) is 16.4. The van der Waals surface area contributed by atoms with E-state index >= 15 is 0 Å². The molecule has 1 N–H and O–H groups in total. The van der Waals surface area contributed by atoms with Gasteiger partial charge in [-0.15, -0.1) is 0 Å². The van der Waals surface area contributed by atoms with E-state index in [-0.39, 0.29) is 11.8 Å². The van der Waals surface area contributed by atoms with Crippen LogP contribution in [0.4, 0.5) is 11.4 Å². The van der Waals surface area contributed by atoms with Crippen LogP contribution in [-0.4, -0.2) is 18.4 Å². The smallest absolute Gasteiger partial charge is 0.255 e. The maximum Gasteiger partial charge on any atom is 0.255 e. The van der Waals surface area contributed by atoms with E-state index in [0.29, 0.717) is 12.0 Å². The van der Waals surface area contributed by atoms with Crippen LogP contribution in [0, 0.1) is 6.92 Å². The summed E-state index contributed by atoms with van der Waals surface area (Å²) in [7, 11) is 0. The number of nitrogens with one attached hydrogen (secondary N) is 1. The van der Waals surface area contributed by atoms with Gasteiger partial charge in [-0.3, -0.25) is 9.59 Å². The van der Waals surface area contributed by atoms with Crippen molar-refractivity contribution in [2.45, 2.75) is 19.8 Å². The number of nitrogens with zero attached hydrogens (tertiary/aromatic N) is 1. The van der Waals surface area contributed by atoms with Crippen molar-refractivity contribution in [2.24, 2.45) is 0 Å². The Kier molecular flexibility index (Phi) is 4.48. The molecule has 1 saturated heterocycles. The molecule has 0 aromatic heterocycles. The zero-order valence-corrected chi connectivity index (χ0v) is 14.4. The lowest BCUT2D eigenvalue weighted by Gasteiger charge is -2.19. The predicted molar refractivity (Wildman–Crippen MR) is 94.9 cm³/mol. The molecule has 118 valence electrons. The molecule has 4 nitrogen and oxygen atoms in total. The SMILES string of the molecule is Cc1cc(NC(=O)c2ccc(Br)cc2)ccc1N1CCCC1=O. The highest BCUT2D eigenvalue weighted by molar-refractivity contribution is 9.10. The first kappa shape index (κ1) is 15.7. The molecule has 0 spiro atoms. The van der Waals surface area contributed by atoms with Crippen LogP contribution in [-0.2, 0) is 4.79 Å². The van der Waals surface area contributed by atoms with Gasteiger partial charge in [0.1, 0.15) is 0 Å². The van der Waals surface area contributed by atoms with Crippen molar-refractivity contribution in [3.8, 4) is 0 Å². The molecule has 2 aromatic carbocycles. The second-order valence-corrected chi connectivity index (χ2v) is 6.53. The normalized spacial score (nSPS) is 14.2. The number of benzene rings is 2. The number of aryl methyl sites for hydroxylation is 1. The fourth-order valence-corrected chi connectivity index (χ4v) is 3.01. The summed E-state index contributed by atoms with van der Waals surface area (Å²) < 4.78 is 0.935. The topological polar surface area (TPSA) is 49.4 Å². The molecule has 0 aliphatic carbocycles. The van der Waals surface area contributed by atoms with E-state index in [4.69, 9.17) is 0 Å². The third-order valence-corrected chi connectivity index (χ3v) is 4.45. The van der Waals surface area contributed by atoms with Crippen molar-refractivity contribution in [1.82, 2.24) is 0 Å². The van der Waals surface area contributed by atoms with E-state index in [0.717, 1.165) is 34.4 Å². The average Bonchev–Trinajstić information content (AvgIpc) is 2.94. The average molecular weight is 373 g/mol. The summed E-state index contributed by atoms with van der Waals surface area (Å²) >= 11 is 3.35. The van der Waals surface area contributed by atoms with Crippen molar-refractivity contribution in [2.75, 3.05) is 16.8 Å². The van der Waals surface area contributed by atoms with E-state index in [2.05, 4.69) is 21.2 Å². The Hall–Kier alpha value is -2.14. The predicted octanol–water partition coefficient (Wildman–Crippen LogP) is 4.14. The summed E-state index contributed by atoms with van der Waals surface area (Å²) in [6, 6.07) is 12.8. The number of amides is 2. The van der Waals surface area contributed by atoms with Crippen molar-refractivity contribution in [3.05, 3.63) is 58.1 Å². The van der Waals surface area contributed by atoms with Crippen LogP contribution < -0.4 is 10.2 Å². The highest BCUT2D eigenvalue weighted by Crippen LogP contribution is 2.27. The summed E-state index contributed by atoms with van der Waals surface area (Å²) in [6.07, 6.45) is 1.52. The first-order chi connectivity index (χ1) is 11.0. The summed E-state index contributed by atoms with van der Waals surface area (Å²) in [5.41, 5.74) is 3.23. The second kappa shape index (κ2) is 6.54. The lowest BCUT2D eigenvalue weighted by molar-refractivity contribution is -0.117. The third-order valence-electron chi connectivity index (χ3n) is 3.93. The Morgan fingerprint density at radius 2 is 1.91 bits per heavy atom. The van der Waals surface area contributed by atoms with Gasteiger partial charge in [0.05, 0.1) is 0 Å². The fraction of sp³-hybridized carbons (Fsp3) is 0.222. The number of carbonyl (C=O) groups excluding carboxylic acids is 2. The van der Waals surface area contributed by atoms with Gasteiger partial charge >= 0.3 is 0 Å². The molecule has 5 heteroatoms. The van der Waals surface area contributed by atoms with E-state index < -0.39 is 0 Å². The van der Waals surface area contributed by atoms with E-state index in [1.165, 1.54) is 0 Å². The number of hydrogen-bond donors (Lipinski definition) is 1. The van der Waals surface area contributed by atoms with Crippen molar-refractivity contribution >= 4 is 39.1 Å². The molecular weight excluding hydrogens is 356 g/mol. The van der Waals surface area contributed by atoms with Crippen LogP contribution in [0.1, 0.15) is 28.8 Å². The molecule has 23 heavy (non-hydrogen) atoms. The Balaban J connectivity index is 1.76. The number of anilines is 2. The number of hydrogen-bond acceptors (Lipinski definition) is 2. The fourth-order valence-electron chi connectivity index (χ4n) is 2.74. The Labute approximate surface area is 143 Å². The number of rotatable bonds is 3. The van der Waals surface area contributed by atoms with Gasteiger partial charge in [-0.1, -0.05) is 15.9 Å². The quantitative estimate of drug-likeness (QED) is 0.879. The first-order valence-electron chi connectivity index (χ1n) is 7.52. The van der Waals surface area contributed by atoms with Gasteiger partial charge in [-0.05, 0) is 61.4 Å². The molecule has 0 unspecified atom stereocenters. The van der Waals surface area contributed by atoms with Crippen LogP contribution in [0.25, 0.3) is 0 Å². The molecule has 0 radical (unpaired) electrons. The summed E-state index contributed by atoms with van der Waals surface area (Å²) in [4.78, 5) is 25.9. The minimum Gasteiger partial charge on any atom is -0.322 e. The molecule has 1 aliphatic heterocycles. The standard InChI is InChI=1S/C18H17BrN2O2/c1-12-11-15(8-9-16(12)21-10-2-3-17(21)22)20-18(23)13-4-6-14(19)7-5-13/h4-9,11H,2-3,10H2,1H3,(H,20,23). The lowest BCUT2D eigenvalue weighted by Crippen LogP contribution is -2.24. The van der Waals surface area contributed by atoms with Gasteiger partial charge in [0.2, 0.25) is 5.91 Å². The molecule has 2 amide bonds. The largest absolute Gasteiger partial charge is 0.322 e. The Morgan fingerprint density at radius 3 is 2.52 bits per heavy atom. The van der Waals surface area contributed by atoms with Gasteiger partial charge < -0.3 is 10.2 Å². The maximum absolute atomic E-state index is 12.2. The minimum atomic E-state index is -0.151. The molecule has 0 bridgehead atoms. The van der Waals surface area contributed by atoms with Gasteiger partial charge in [0, 0.05) is 34.4 Å². The van der Waals surface area contributed by atoms with E-state index in [1.807, 2.05) is 42.2 Å². The third kappa shape index (κ3) is 3.45. The van der Waals surface area contributed by atoms with E-state index in [1.54, 1.807) is 12.1 Å². The zero-order valence-electron chi connectivity index (χ0n) is 12.8. The number of halogens is 1. The summed E-state index contributed by atoms with van der Waals surface area (Å²) in [5.74, 6) is 0.0154. The van der Waals surface area contributed by atoms with Gasteiger partial charge in [0.25, 0.3) is 5.91 Å². The van der Waals surface area contributed by atoms with Crippen LogP contribution in [0.5, 0.6) is 0 Å². The monoisotopic (exact) mass is 372 g/mol. The molecule has 2 aromatic rings. The molecule has 0 atom stereocenters. The molecule has 1 heterocycles.